The second-order valence-corrected chi connectivity index (χ2v) is 5.25. The lowest BCUT2D eigenvalue weighted by Crippen LogP contribution is -2.40. The zero-order valence-electron chi connectivity index (χ0n) is 11.3. The summed E-state index contributed by atoms with van der Waals surface area (Å²) in [4.78, 5) is 23.3. The first-order valence-electron chi connectivity index (χ1n) is 6.34. The summed E-state index contributed by atoms with van der Waals surface area (Å²) in [5, 5.41) is 0. The maximum Gasteiger partial charge on any atom is 0.269 e. The highest BCUT2D eigenvalue weighted by Crippen LogP contribution is 2.11. The normalized spacial score (nSPS) is 10.5. The summed E-state index contributed by atoms with van der Waals surface area (Å²) in [5.41, 5.74) is 5.59. The molecule has 0 aliphatic rings. The van der Waals surface area contributed by atoms with Crippen LogP contribution < -0.4 is 10.9 Å². The Morgan fingerprint density at radius 3 is 2.23 bits per heavy atom. The van der Waals surface area contributed by atoms with E-state index in [9.17, 15) is 14.0 Å². The standard InChI is InChI=1S/C16H12BrFN2O2/c17-13-6-1-11(2-7-13)3-10-15(21)19-20-16(22)12-4-8-14(18)9-5-12/h1-10H,(H,19,21)(H,20,22)/b10-3+. The van der Waals surface area contributed by atoms with E-state index in [-0.39, 0.29) is 5.56 Å². The molecule has 2 aromatic rings. The van der Waals surface area contributed by atoms with Gasteiger partial charge < -0.3 is 0 Å². The number of hydrogen-bond acceptors (Lipinski definition) is 2. The van der Waals surface area contributed by atoms with E-state index < -0.39 is 17.6 Å². The second-order valence-electron chi connectivity index (χ2n) is 4.34. The third-order valence-electron chi connectivity index (χ3n) is 2.70. The lowest BCUT2D eigenvalue weighted by molar-refractivity contribution is -0.117. The summed E-state index contributed by atoms with van der Waals surface area (Å²) >= 11 is 3.32. The number of halogens is 2. The van der Waals surface area contributed by atoms with Crippen LogP contribution in [0.1, 0.15) is 15.9 Å². The maximum atomic E-state index is 12.7. The summed E-state index contributed by atoms with van der Waals surface area (Å²) < 4.78 is 13.7. The van der Waals surface area contributed by atoms with Crippen molar-refractivity contribution in [1.29, 1.82) is 0 Å². The van der Waals surface area contributed by atoms with Crippen molar-refractivity contribution in [3.05, 3.63) is 76.0 Å². The summed E-state index contributed by atoms with van der Waals surface area (Å²) in [7, 11) is 0. The minimum Gasteiger partial charge on any atom is -0.268 e. The van der Waals surface area contributed by atoms with Crippen LogP contribution in [0, 0.1) is 5.82 Å². The Morgan fingerprint density at radius 2 is 1.59 bits per heavy atom. The van der Waals surface area contributed by atoms with Crippen LogP contribution in [0.5, 0.6) is 0 Å². The van der Waals surface area contributed by atoms with Gasteiger partial charge in [-0.1, -0.05) is 28.1 Å². The first-order chi connectivity index (χ1) is 10.5. The molecule has 0 unspecified atom stereocenters. The molecule has 6 heteroatoms. The van der Waals surface area contributed by atoms with E-state index >= 15 is 0 Å². The number of nitrogens with one attached hydrogen (secondary N) is 2. The van der Waals surface area contributed by atoms with Gasteiger partial charge in [0.15, 0.2) is 0 Å². The molecule has 0 radical (unpaired) electrons. The number of rotatable bonds is 3. The van der Waals surface area contributed by atoms with Gasteiger partial charge in [0.25, 0.3) is 11.8 Å². The van der Waals surface area contributed by atoms with E-state index in [1.165, 1.54) is 30.3 Å². The van der Waals surface area contributed by atoms with Gasteiger partial charge in [-0.25, -0.2) is 4.39 Å². The van der Waals surface area contributed by atoms with Gasteiger partial charge >= 0.3 is 0 Å². The number of benzene rings is 2. The van der Waals surface area contributed by atoms with Crippen molar-refractivity contribution < 1.29 is 14.0 Å². The summed E-state index contributed by atoms with van der Waals surface area (Å²) in [6.07, 6.45) is 2.92. The molecule has 112 valence electrons. The molecule has 0 bridgehead atoms. The van der Waals surface area contributed by atoms with Crippen molar-refractivity contribution in [3.8, 4) is 0 Å². The van der Waals surface area contributed by atoms with E-state index in [2.05, 4.69) is 26.8 Å². The van der Waals surface area contributed by atoms with E-state index in [0.717, 1.165) is 10.0 Å². The fraction of sp³-hybridized carbons (Fsp3) is 0. The van der Waals surface area contributed by atoms with Crippen LogP contribution in [0.2, 0.25) is 0 Å². The molecule has 0 saturated heterocycles. The van der Waals surface area contributed by atoms with Crippen molar-refractivity contribution in [2.45, 2.75) is 0 Å². The third kappa shape index (κ3) is 4.82. The van der Waals surface area contributed by atoms with Crippen LogP contribution in [0.4, 0.5) is 4.39 Å². The van der Waals surface area contributed by atoms with Crippen LogP contribution in [0.25, 0.3) is 6.08 Å². The molecule has 2 rings (SSSR count). The summed E-state index contributed by atoms with van der Waals surface area (Å²) in [6.45, 7) is 0. The molecule has 0 heterocycles. The fourth-order valence-electron chi connectivity index (χ4n) is 1.58. The van der Waals surface area contributed by atoms with Crippen molar-refractivity contribution >= 4 is 33.8 Å². The van der Waals surface area contributed by atoms with Crippen molar-refractivity contribution in [2.24, 2.45) is 0 Å². The predicted octanol–water partition coefficient (Wildman–Crippen LogP) is 3.06. The Labute approximate surface area is 135 Å². The zero-order chi connectivity index (χ0) is 15.9. The lowest BCUT2D eigenvalue weighted by Gasteiger charge is -2.05. The summed E-state index contributed by atoms with van der Waals surface area (Å²) in [5.74, 6) is -1.43. The van der Waals surface area contributed by atoms with Crippen molar-refractivity contribution in [2.75, 3.05) is 0 Å². The highest BCUT2D eigenvalue weighted by atomic mass is 79.9. The SMILES string of the molecule is O=C(/C=C/c1ccc(Br)cc1)NNC(=O)c1ccc(F)cc1. The molecule has 4 nitrogen and oxygen atoms in total. The molecular weight excluding hydrogens is 351 g/mol. The highest BCUT2D eigenvalue weighted by Gasteiger charge is 2.05. The Balaban J connectivity index is 1.86. The van der Waals surface area contributed by atoms with Gasteiger partial charge in [-0.2, -0.15) is 0 Å². The molecule has 2 N–H and O–H groups in total. The fourth-order valence-corrected chi connectivity index (χ4v) is 1.84. The monoisotopic (exact) mass is 362 g/mol. The highest BCUT2D eigenvalue weighted by molar-refractivity contribution is 9.10. The molecule has 0 spiro atoms. The lowest BCUT2D eigenvalue weighted by atomic mass is 10.2. The summed E-state index contributed by atoms with van der Waals surface area (Å²) in [6, 6.07) is 12.4. The Bertz CT molecular complexity index is 697. The molecule has 0 fully saturated rings. The zero-order valence-corrected chi connectivity index (χ0v) is 12.9. The average molecular weight is 363 g/mol. The minimum atomic E-state index is -0.523. The smallest absolute Gasteiger partial charge is 0.268 e. The van der Waals surface area contributed by atoms with Gasteiger partial charge in [-0.15, -0.1) is 0 Å². The Hall–Kier alpha value is -2.47. The molecule has 22 heavy (non-hydrogen) atoms. The van der Waals surface area contributed by atoms with E-state index in [4.69, 9.17) is 0 Å². The van der Waals surface area contributed by atoms with E-state index in [0.29, 0.717) is 0 Å². The van der Waals surface area contributed by atoms with E-state index in [1.54, 1.807) is 6.08 Å². The van der Waals surface area contributed by atoms with Gasteiger partial charge in [0.05, 0.1) is 0 Å². The number of amides is 2. The molecule has 0 aliphatic heterocycles. The largest absolute Gasteiger partial charge is 0.269 e. The van der Waals surface area contributed by atoms with Gasteiger partial charge in [0.1, 0.15) is 5.82 Å². The molecule has 0 saturated carbocycles. The number of carbonyl (C=O) groups is 2. The minimum absolute atomic E-state index is 0.249. The molecular formula is C16H12BrFN2O2. The van der Waals surface area contributed by atoms with Gasteiger partial charge in [0, 0.05) is 16.1 Å². The van der Waals surface area contributed by atoms with Crippen LogP contribution in [0.3, 0.4) is 0 Å². The molecule has 0 aliphatic carbocycles. The van der Waals surface area contributed by atoms with Crippen LogP contribution in [0.15, 0.2) is 59.1 Å². The van der Waals surface area contributed by atoms with Gasteiger partial charge in [-0.05, 0) is 48.0 Å². The van der Waals surface area contributed by atoms with Gasteiger partial charge in [0.2, 0.25) is 0 Å². The van der Waals surface area contributed by atoms with Crippen molar-refractivity contribution in [1.82, 2.24) is 10.9 Å². The topological polar surface area (TPSA) is 58.2 Å². The molecule has 2 amide bonds. The number of hydrazine groups is 1. The molecule has 2 aromatic carbocycles. The number of carbonyl (C=O) groups excluding carboxylic acids is 2. The quantitative estimate of drug-likeness (QED) is 0.651. The van der Waals surface area contributed by atoms with Crippen LogP contribution in [-0.2, 0) is 4.79 Å². The maximum absolute atomic E-state index is 12.7. The average Bonchev–Trinajstić information content (AvgIpc) is 2.52. The van der Waals surface area contributed by atoms with E-state index in [1.807, 2.05) is 24.3 Å². The number of hydrogen-bond donors (Lipinski definition) is 2. The molecule has 0 aromatic heterocycles. The van der Waals surface area contributed by atoms with Gasteiger partial charge in [-0.3, -0.25) is 20.4 Å². The predicted molar refractivity (Wildman–Crippen MR) is 85.2 cm³/mol. The third-order valence-corrected chi connectivity index (χ3v) is 3.23. The Kier molecular flexibility index (Phi) is 5.43. The van der Waals surface area contributed by atoms with Crippen molar-refractivity contribution in [3.63, 3.8) is 0 Å². The van der Waals surface area contributed by atoms with Crippen LogP contribution >= 0.6 is 15.9 Å². The molecule has 0 atom stereocenters. The first kappa shape index (κ1) is 15.9. The Morgan fingerprint density at radius 1 is 0.955 bits per heavy atom. The first-order valence-corrected chi connectivity index (χ1v) is 7.13. The van der Waals surface area contributed by atoms with Crippen LogP contribution in [-0.4, -0.2) is 11.8 Å². The second kappa shape index (κ2) is 7.51.